The van der Waals surface area contributed by atoms with Crippen LogP contribution < -0.4 is 5.32 Å². The van der Waals surface area contributed by atoms with Crippen molar-refractivity contribution < 1.29 is 4.74 Å². The van der Waals surface area contributed by atoms with Crippen molar-refractivity contribution in [3.63, 3.8) is 0 Å². The topological polar surface area (TPSA) is 37.4 Å². The minimum Gasteiger partial charge on any atom is -0.359 e. The van der Waals surface area contributed by atoms with Crippen LogP contribution >= 0.6 is 15.9 Å². The molecule has 2 saturated heterocycles. The third kappa shape index (κ3) is 4.85. The zero-order valence-corrected chi connectivity index (χ0v) is 23.1. The van der Waals surface area contributed by atoms with E-state index >= 15 is 0 Å². The number of ether oxygens (including phenoxy) is 1. The Bertz CT molecular complexity index is 1200. The molecule has 0 radical (unpaired) electrons. The molecule has 0 bridgehead atoms. The fraction of sp³-hybridized carbons (Fsp3) is 0.303. The van der Waals surface area contributed by atoms with E-state index in [0.717, 1.165) is 46.5 Å². The number of hydrogen-bond donors (Lipinski definition) is 1. The molecule has 4 aromatic rings. The van der Waals surface area contributed by atoms with Crippen LogP contribution in [0.3, 0.4) is 0 Å². The molecule has 2 fully saturated rings. The first-order valence-electron chi connectivity index (χ1n) is 13.7. The van der Waals surface area contributed by atoms with Gasteiger partial charge in [0.15, 0.2) is 0 Å². The van der Waals surface area contributed by atoms with E-state index in [4.69, 9.17) is 9.72 Å². The molecule has 2 aliphatic rings. The van der Waals surface area contributed by atoms with Crippen molar-refractivity contribution in [2.75, 3.05) is 26.2 Å². The van der Waals surface area contributed by atoms with Gasteiger partial charge in [-0.15, -0.1) is 0 Å². The maximum absolute atomic E-state index is 7.29. The van der Waals surface area contributed by atoms with E-state index in [9.17, 15) is 0 Å². The Kier molecular flexibility index (Phi) is 7.70. The molecule has 194 valence electrons. The van der Waals surface area contributed by atoms with Crippen LogP contribution in [-0.4, -0.2) is 48.2 Å². The fourth-order valence-corrected chi connectivity index (χ4v) is 6.58. The Morgan fingerprint density at radius 3 is 1.97 bits per heavy atom. The normalized spacial score (nSPS) is 22.1. The first-order chi connectivity index (χ1) is 18.8. The van der Waals surface area contributed by atoms with Crippen molar-refractivity contribution in [2.24, 2.45) is 0 Å². The van der Waals surface area contributed by atoms with Crippen LogP contribution in [0, 0.1) is 0 Å². The van der Waals surface area contributed by atoms with Crippen LogP contribution in [-0.2, 0) is 10.3 Å². The smallest absolute Gasteiger partial charge is 0.143 e. The van der Waals surface area contributed by atoms with E-state index in [2.05, 4.69) is 129 Å². The summed E-state index contributed by atoms with van der Waals surface area (Å²) in [4.78, 5) is 7.52. The minimum absolute atomic E-state index is 0.254. The van der Waals surface area contributed by atoms with E-state index in [1.165, 1.54) is 12.8 Å². The van der Waals surface area contributed by atoms with Crippen molar-refractivity contribution in [3.05, 3.63) is 136 Å². The molecule has 3 atom stereocenters. The average Bonchev–Trinajstić information content (AvgIpc) is 2.96. The summed E-state index contributed by atoms with van der Waals surface area (Å²) in [6.45, 7) is 3.78. The third-order valence-corrected chi connectivity index (χ3v) is 8.63. The molecule has 3 aromatic carbocycles. The summed E-state index contributed by atoms with van der Waals surface area (Å²) in [5.74, 6) is 0.314. The second kappa shape index (κ2) is 11.5. The highest BCUT2D eigenvalue weighted by molar-refractivity contribution is 9.10. The Morgan fingerprint density at radius 1 is 0.816 bits per heavy atom. The number of benzene rings is 3. The lowest BCUT2D eigenvalue weighted by molar-refractivity contribution is -0.0961. The molecule has 0 saturated carbocycles. The number of rotatable bonds is 7. The Balaban J connectivity index is 1.41. The lowest BCUT2D eigenvalue weighted by Crippen LogP contribution is -2.68. The van der Waals surface area contributed by atoms with E-state index in [1.54, 1.807) is 0 Å². The number of aromatic nitrogens is 1. The molecule has 1 aromatic heterocycles. The van der Waals surface area contributed by atoms with Gasteiger partial charge in [-0.05, 0) is 70.7 Å². The zero-order valence-electron chi connectivity index (χ0n) is 21.5. The summed E-state index contributed by atoms with van der Waals surface area (Å²) >= 11 is 3.57. The Hall–Kier alpha value is -2.83. The summed E-state index contributed by atoms with van der Waals surface area (Å²) in [5.41, 5.74) is 3.85. The zero-order chi connectivity index (χ0) is 25.8. The molecule has 5 heteroatoms. The van der Waals surface area contributed by atoms with Crippen molar-refractivity contribution in [1.82, 2.24) is 15.2 Å². The second-order valence-corrected chi connectivity index (χ2v) is 11.2. The molecule has 4 nitrogen and oxygen atoms in total. The summed E-state index contributed by atoms with van der Waals surface area (Å²) in [6, 6.07) is 37.0. The van der Waals surface area contributed by atoms with E-state index in [1.807, 2.05) is 6.20 Å². The standard InChI is InChI=1S/C33H34BrN3O/c34-28-18-19-29(36-22-28)32-30-23-35-20-10-11-21-37(30)31(32)24-38-33(25-12-4-1-5-13-25,26-14-6-2-7-15-26)27-16-8-3-9-17-27/h1-9,12-19,22,30-32,35H,10-11,20-21,23-24H2/t30-,31+,32+/m0/s1. The summed E-state index contributed by atoms with van der Waals surface area (Å²) in [7, 11) is 0. The molecule has 6 rings (SSSR count). The first-order valence-corrected chi connectivity index (χ1v) is 14.4. The molecule has 0 amide bonds. The van der Waals surface area contributed by atoms with Gasteiger partial charge in [-0.25, -0.2) is 0 Å². The van der Waals surface area contributed by atoms with Crippen molar-refractivity contribution in [2.45, 2.75) is 36.4 Å². The van der Waals surface area contributed by atoms with Gasteiger partial charge >= 0.3 is 0 Å². The highest BCUT2D eigenvalue weighted by atomic mass is 79.9. The van der Waals surface area contributed by atoms with Gasteiger partial charge in [0, 0.05) is 40.9 Å². The number of nitrogens with zero attached hydrogens (tertiary/aromatic N) is 2. The maximum Gasteiger partial charge on any atom is 0.143 e. The van der Waals surface area contributed by atoms with Crippen LogP contribution in [0.15, 0.2) is 114 Å². The van der Waals surface area contributed by atoms with Crippen LogP contribution in [0.4, 0.5) is 0 Å². The monoisotopic (exact) mass is 567 g/mol. The molecule has 38 heavy (non-hydrogen) atoms. The van der Waals surface area contributed by atoms with Crippen molar-refractivity contribution in [3.8, 4) is 0 Å². The fourth-order valence-electron chi connectivity index (χ4n) is 6.34. The van der Waals surface area contributed by atoms with Gasteiger partial charge in [-0.1, -0.05) is 91.0 Å². The Labute approximate surface area is 234 Å². The van der Waals surface area contributed by atoms with Crippen LogP contribution in [0.5, 0.6) is 0 Å². The third-order valence-electron chi connectivity index (χ3n) is 8.16. The number of fused-ring (bicyclic) bond motifs is 1. The molecule has 0 spiro atoms. The van der Waals surface area contributed by atoms with Crippen LogP contribution in [0.1, 0.15) is 41.1 Å². The van der Waals surface area contributed by atoms with E-state index in [0.29, 0.717) is 18.6 Å². The molecule has 3 heterocycles. The summed E-state index contributed by atoms with van der Waals surface area (Å²) < 4.78 is 8.30. The van der Waals surface area contributed by atoms with E-state index < -0.39 is 5.60 Å². The molecule has 0 unspecified atom stereocenters. The molecular weight excluding hydrogens is 534 g/mol. The highest BCUT2D eigenvalue weighted by Gasteiger charge is 2.51. The number of halogens is 1. The SMILES string of the molecule is Brc1ccc([C@H]2[C@@H](COC(c3ccccc3)(c3ccccc3)c3ccccc3)N3CCCCNC[C@@H]23)nc1. The minimum atomic E-state index is -0.715. The molecule has 2 aliphatic heterocycles. The lowest BCUT2D eigenvalue weighted by Gasteiger charge is -2.56. The summed E-state index contributed by atoms with van der Waals surface area (Å²) in [6.07, 6.45) is 4.33. The quantitative estimate of drug-likeness (QED) is 0.263. The average molecular weight is 569 g/mol. The van der Waals surface area contributed by atoms with Gasteiger partial charge in [0.25, 0.3) is 0 Å². The van der Waals surface area contributed by atoms with Gasteiger partial charge in [-0.2, -0.15) is 0 Å². The van der Waals surface area contributed by atoms with Crippen molar-refractivity contribution >= 4 is 15.9 Å². The van der Waals surface area contributed by atoms with Gasteiger partial charge < -0.3 is 10.1 Å². The second-order valence-electron chi connectivity index (χ2n) is 10.3. The van der Waals surface area contributed by atoms with Gasteiger partial charge in [0.1, 0.15) is 5.60 Å². The lowest BCUT2D eigenvalue weighted by atomic mass is 9.76. The maximum atomic E-state index is 7.29. The van der Waals surface area contributed by atoms with Gasteiger partial charge in [0.2, 0.25) is 0 Å². The van der Waals surface area contributed by atoms with Gasteiger partial charge in [0.05, 0.1) is 6.61 Å². The molecular formula is C33H34BrN3O. The molecule has 1 N–H and O–H groups in total. The van der Waals surface area contributed by atoms with Gasteiger partial charge in [-0.3, -0.25) is 9.88 Å². The predicted octanol–water partition coefficient (Wildman–Crippen LogP) is 6.37. The van der Waals surface area contributed by atoms with Crippen LogP contribution in [0.25, 0.3) is 0 Å². The number of pyridine rings is 1. The number of hydrogen-bond acceptors (Lipinski definition) is 4. The Morgan fingerprint density at radius 2 is 1.42 bits per heavy atom. The van der Waals surface area contributed by atoms with Crippen molar-refractivity contribution in [1.29, 1.82) is 0 Å². The van der Waals surface area contributed by atoms with E-state index in [-0.39, 0.29) is 6.04 Å². The predicted molar refractivity (Wildman–Crippen MR) is 156 cm³/mol. The number of nitrogens with one attached hydrogen (secondary N) is 1. The molecule has 0 aliphatic carbocycles. The largest absolute Gasteiger partial charge is 0.359 e. The van der Waals surface area contributed by atoms with Crippen LogP contribution in [0.2, 0.25) is 0 Å². The highest BCUT2D eigenvalue weighted by Crippen LogP contribution is 2.45. The first kappa shape index (κ1) is 25.4. The summed E-state index contributed by atoms with van der Waals surface area (Å²) in [5, 5.41) is 3.68.